The molecule has 1 aromatic carbocycles. The van der Waals surface area contributed by atoms with Crippen LogP contribution in [0.15, 0.2) is 24.3 Å². The van der Waals surface area contributed by atoms with E-state index in [-0.39, 0.29) is 23.9 Å². The summed E-state index contributed by atoms with van der Waals surface area (Å²) in [5.74, 6) is 0.149. The molecule has 1 amide bonds. The van der Waals surface area contributed by atoms with E-state index in [0.29, 0.717) is 18.7 Å². The molecule has 1 N–H and O–H groups in total. The molecule has 1 fully saturated rings. The molecule has 1 aromatic rings. The van der Waals surface area contributed by atoms with Crippen LogP contribution in [0, 0.1) is 0 Å². The predicted molar refractivity (Wildman–Crippen MR) is 72.1 cm³/mol. The van der Waals surface area contributed by atoms with E-state index in [0.717, 1.165) is 5.33 Å². The van der Waals surface area contributed by atoms with Gasteiger partial charge in [-0.05, 0) is 31.2 Å². The molecule has 1 saturated heterocycles. The number of aromatic hydroxyl groups is 1. The van der Waals surface area contributed by atoms with Crippen molar-refractivity contribution in [3.8, 4) is 5.75 Å². The highest BCUT2D eigenvalue weighted by Crippen LogP contribution is 2.17. The van der Waals surface area contributed by atoms with Gasteiger partial charge in [-0.2, -0.15) is 0 Å². The third-order valence-electron chi connectivity index (χ3n) is 2.90. The number of nitrogens with zero attached hydrogens (tertiary/aromatic N) is 1. The lowest BCUT2D eigenvalue weighted by molar-refractivity contribution is -0.0559. The van der Waals surface area contributed by atoms with Crippen molar-refractivity contribution in [2.45, 2.75) is 19.1 Å². The van der Waals surface area contributed by atoms with Crippen LogP contribution in [0.1, 0.15) is 17.3 Å². The highest BCUT2D eigenvalue weighted by Gasteiger charge is 2.28. The molecule has 4 nitrogen and oxygen atoms in total. The van der Waals surface area contributed by atoms with Crippen molar-refractivity contribution in [2.24, 2.45) is 0 Å². The smallest absolute Gasteiger partial charge is 0.254 e. The second-order valence-electron chi connectivity index (χ2n) is 4.48. The molecule has 5 heteroatoms. The number of hydrogen-bond acceptors (Lipinski definition) is 3. The number of amides is 1. The fourth-order valence-electron chi connectivity index (χ4n) is 2.08. The summed E-state index contributed by atoms with van der Waals surface area (Å²) in [4.78, 5) is 14.1. The van der Waals surface area contributed by atoms with E-state index in [1.807, 2.05) is 6.92 Å². The van der Waals surface area contributed by atoms with Gasteiger partial charge in [-0.15, -0.1) is 0 Å². The zero-order valence-corrected chi connectivity index (χ0v) is 11.8. The van der Waals surface area contributed by atoms with Crippen LogP contribution in [0.4, 0.5) is 0 Å². The van der Waals surface area contributed by atoms with Crippen LogP contribution in [0.3, 0.4) is 0 Å². The molecular weight excluding hydrogens is 298 g/mol. The first-order valence-corrected chi connectivity index (χ1v) is 7.02. The number of morpholine rings is 1. The largest absolute Gasteiger partial charge is 0.508 e. The zero-order chi connectivity index (χ0) is 13.1. The molecular formula is C13H16BrNO3. The van der Waals surface area contributed by atoms with E-state index in [1.54, 1.807) is 17.0 Å². The predicted octanol–water partition coefficient (Wildman–Crippen LogP) is 2.02. The summed E-state index contributed by atoms with van der Waals surface area (Å²) in [6, 6.07) is 6.33. The first-order chi connectivity index (χ1) is 8.60. The highest BCUT2D eigenvalue weighted by atomic mass is 79.9. The van der Waals surface area contributed by atoms with Crippen molar-refractivity contribution in [3.63, 3.8) is 0 Å². The molecule has 0 bridgehead atoms. The molecule has 1 heterocycles. The molecule has 2 rings (SSSR count). The quantitative estimate of drug-likeness (QED) is 0.850. The highest BCUT2D eigenvalue weighted by molar-refractivity contribution is 9.09. The summed E-state index contributed by atoms with van der Waals surface area (Å²) in [5.41, 5.74) is 0.593. The van der Waals surface area contributed by atoms with Crippen molar-refractivity contribution in [1.82, 2.24) is 4.90 Å². The fraction of sp³-hybridized carbons (Fsp3) is 0.462. The number of alkyl halides is 1. The summed E-state index contributed by atoms with van der Waals surface area (Å²) in [6.45, 7) is 3.16. The molecule has 2 atom stereocenters. The molecule has 2 unspecified atom stereocenters. The van der Waals surface area contributed by atoms with Crippen LogP contribution >= 0.6 is 15.9 Å². The van der Waals surface area contributed by atoms with E-state index >= 15 is 0 Å². The average Bonchev–Trinajstić information content (AvgIpc) is 2.38. The first-order valence-electron chi connectivity index (χ1n) is 5.90. The Kier molecular flexibility index (Phi) is 4.24. The summed E-state index contributed by atoms with van der Waals surface area (Å²) < 4.78 is 5.69. The molecule has 98 valence electrons. The number of phenolic OH excluding ortho intramolecular Hbond substituents is 1. The van der Waals surface area contributed by atoms with Gasteiger partial charge in [0, 0.05) is 24.0 Å². The van der Waals surface area contributed by atoms with Crippen molar-refractivity contribution in [1.29, 1.82) is 0 Å². The number of benzene rings is 1. The Labute approximate surface area is 115 Å². The Hall–Kier alpha value is -1.07. The second kappa shape index (κ2) is 5.71. The van der Waals surface area contributed by atoms with E-state index in [1.165, 1.54) is 12.1 Å². The van der Waals surface area contributed by atoms with E-state index in [2.05, 4.69) is 15.9 Å². The minimum atomic E-state index is -0.0175. The van der Waals surface area contributed by atoms with Gasteiger partial charge in [-0.3, -0.25) is 4.79 Å². The lowest BCUT2D eigenvalue weighted by atomic mass is 10.1. The Balaban J connectivity index is 2.10. The molecule has 0 saturated carbocycles. The van der Waals surface area contributed by atoms with Crippen LogP contribution < -0.4 is 0 Å². The number of halogens is 1. The maximum Gasteiger partial charge on any atom is 0.254 e. The topological polar surface area (TPSA) is 49.8 Å². The monoisotopic (exact) mass is 313 g/mol. The van der Waals surface area contributed by atoms with Gasteiger partial charge < -0.3 is 14.7 Å². The van der Waals surface area contributed by atoms with Crippen molar-refractivity contribution >= 4 is 21.8 Å². The van der Waals surface area contributed by atoms with Crippen LogP contribution in [0.5, 0.6) is 5.75 Å². The molecule has 0 aromatic heterocycles. The van der Waals surface area contributed by atoms with Gasteiger partial charge in [0.15, 0.2) is 0 Å². The van der Waals surface area contributed by atoms with E-state index in [9.17, 15) is 9.90 Å². The SMILES string of the molecule is CC1CN(C(=O)c2ccc(O)cc2)CC(CBr)O1. The number of hydrogen-bond donors (Lipinski definition) is 1. The normalized spacial score (nSPS) is 24.0. The number of phenols is 1. The van der Waals surface area contributed by atoms with E-state index < -0.39 is 0 Å². The maximum absolute atomic E-state index is 12.3. The summed E-state index contributed by atoms with van der Waals surface area (Å²) in [6.07, 6.45) is 0.0807. The minimum Gasteiger partial charge on any atom is -0.508 e. The Bertz CT molecular complexity index is 421. The Morgan fingerprint density at radius 2 is 2.11 bits per heavy atom. The Morgan fingerprint density at radius 3 is 2.72 bits per heavy atom. The lowest BCUT2D eigenvalue weighted by Gasteiger charge is -2.36. The van der Waals surface area contributed by atoms with Gasteiger partial charge in [-0.25, -0.2) is 0 Å². The Morgan fingerprint density at radius 1 is 1.44 bits per heavy atom. The van der Waals surface area contributed by atoms with Gasteiger partial charge in [0.25, 0.3) is 5.91 Å². The first kappa shape index (κ1) is 13.4. The average molecular weight is 314 g/mol. The number of rotatable bonds is 2. The van der Waals surface area contributed by atoms with Crippen LogP contribution in [0.2, 0.25) is 0 Å². The molecule has 18 heavy (non-hydrogen) atoms. The number of carbonyl (C=O) groups is 1. The lowest BCUT2D eigenvalue weighted by Crippen LogP contribution is -2.49. The standard InChI is InChI=1S/C13H16BrNO3/c1-9-7-15(8-12(6-14)18-9)13(17)10-2-4-11(16)5-3-10/h2-5,9,12,16H,6-8H2,1H3. The molecule has 1 aliphatic rings. The van der Waals surface area contributed by atoms with E-state index in [4.69, 9.17) is 4.74 Å². The van der Waals surface area contributed by atoms with Crippen molar-refractivity contribution in [2.75, 3.05) is 18.4 Å². The minimum absolute atomic E-state index is 0.0175. The third-order valence-corrected chi connectivity index (χ3v) is 3.62. The number of carbonyl (C=O) groups excluding carboxylic acids is 1. The second-order valence-corrected chi connectivity index (χ2v) is 5.13. The van der Waals surface area contributed by atoms with Crippen LogP contribution in [0.25, 0.3) is 0 Å². The summed E-state index contributed by atoms with van der Waals surface area (Å²) >= 11 is 3.38. The van der Waals surface area contributed by atoms with Gasteiger partial charge in [-0.1, -0.05) is 15.9 Å². The molecule has 0 radical (unpaired) electrons. The fourth-order valence-corrected chi connectivity index (χ4v) is 2.44. The summed E-state index contributed by atoms with van der Waals surface area (Å²) in [5, 5.41) is 9.94. The molecule has 0 aliphatic carbocycles. The van der Waals surface area contributed by atoms with Gasteiger partial charge in [0.1, 0.15) is 5.75 Å². The van der Waals surface area contributed by atoms with Gasteiger partial charge >= 0.3 is 0 Å². The van der Waals surface area contributed by atoms with Crippen molar-refractivity contribution in [3.05, 3.63) is 29.8 Å². The molecule has 0 spiro atoms. The van der Waals surface area contributed by atoms with Gasteiger partial charge in [0.2, 0.25) is 0 Å². The maximum atomic E-state index is 12.3. The van der Waals surface area contributed by atoms with Crippen molar-refractivity contribution < 1.29 is 14.6 Å². The molecule has 1 aliphatic heterocycles. The number of ether oxygens (including phenoxy) is 1. The van der Waals surface area contributed by atoms with Crippen LogP contribution in [-0.2, 0) is 4.74 Å². The van der Waals surface area contributed by atoms with Gasteiger partial charge in [0.05, 0.1) is 12.2 Å². The third kappa shape index (κ3) is 3.03. The van der Waals surface area contributed by atoms with Crippen LogP contribution in [-0.4, -0.2) is 46.5 Å². The summed E-state index contributed by atoms with van der Waals surface area (Å²) in [7, 11) is 0. The zero-order valence-electron chi connectivity index (χ0n) is 10.2.